The Hall–Kier alpha value is -1.78. The molecule has 3 nitrogen and oxygen atoms in total. The lowest BCUT2D eigenvalue weighted by Gasteiger charge is -2.24. The van der Waals surface area contributed by atoms with Crippen LogP contribution in [0.3, 0.4) is 0 Å². The third-order valence-corrected chi connectivity index (χ3v) is 6.72. The molecule has 0 amide bonds. The van der Waals surface area contributed by atoms with E-state index in [1.54, 1.807) is 0 Å². The molecular weight excluding hydrogens is 340 g/mol. The zero-order valence-corrected chi connectivity index (χ0v) is 16.6. The monoisotopic (exact) mass is 367 g/mol. The topological polar surface area (TPSA) is 26.5 Å². The third kappa shape index (κ3) is 2.85. The molecule has 2 aromatic carbocycles. The van der Waals surface area contributed by atoms with E-state index in [0.29, 0.717) is 6.54 Å². The largest absolute Gasteiger partial charge is 0.346 e. The van der Waals surface area contributed by atoms with Crippen LogP contribution in [0.5, 0.6) is 0 Å². The fraction of sp³-hybridized carbons (Fsp3) is 0.409. The summed E-state index contributed by atoms with van der Waals surface area (Å²) in [6.45, 7) is 7.92. The molecule has 0 saturated heterocycles. The number of aliphatic hydroxyl groups is 1. The first-order valence-electron chi connectivity index (χ1n) is 9.47. The lowest BCUT2D eigenvalue weighted by atomic mass is 9.99. The first-order chi connectivity index (χ1) is 12.5. The summed E-state index contributed by atoms with van der Waals surface area (Å²) in [6.07, 6.45) is 2.12. The van der Waals surface area contributed by atoms with Gasteiger partial charge in [0.15, 0.2) is 6.54 Å². The molecule has 0 bridgehead atoms. The van der Waals surface area contributed by atoms with E-state index in [1.165, 1.54) is 27.5 Å². The highest BCUT2D eigenvalue weighted by Gasteiger charge is 2.53. The molecule has 0 spiro atoms. The summed E-state index contributed by atoms with van der Waals surface area (Å²) in [7, 11) is 0. The summed E-state index contributed by atoms with van der Waals surface area (Å²) in [5, 5.41) is 13.0. The molecule has 1 N–H and O–H groups in total. The van der Waals surface area contributed by atoms with Crippen LogP contribution >= 0.6 is 11.8 Å². The van der Waals surface area contributed by atoms with Gasteiger partial charge in [-0.2, -0.15) is 0 Å². The van der Waals surface area contributed by atoms with Crippen LogP contribution in [-0.4, -0.2) is 33.7 Å². The minimum absolute atomic E-state index is 0.575. The molecule has 0 radical (unpaired) electrons. The summed E-state index contributed by atoms with van der Waals surface area (Å²) in [5.41, 5.74) is 5.04. The molecule has 4 heteroatoms. The molecule has 0 aromatic heterocycles. The van der Waals surface area contributed by atoms with Gasteiger partial charge in [-0.25, -0.2) is 9.48 Å². The van der Waals surface area contributed by atoms with E-state index in [1.807, 2.05) is 11.8 Å². The van der Waals surface area contributed by atoms with Crippen LogP contribution < -0.4 is 4.90 Å². The minimum Gasteiger partial charge on any atom is -0.346 e. The van der Waals surface area contributed by atoms with Crippen molar-refractivity contribution >= 4 is 22.6 Å². The molecular formula is C22H27N2OS+. The van der Waals surface area contributed by atoms with Gasteiger partial charge in [-0.3, -0.25) is 0 Å². The molecule has 2 aliphatic rings. The van der Waals surface area contributed by atoms with Crippen molar-refractivity contribution in [2.45, 2.75) is 39.3 Å². The zero-order valence-electron chi connectivity index (χ0n) is 15.8. The highest BCUT2D eigenvalue weighted by atomic mass is 32.2. The van der Waals surface area contributed by atoms with Gasteiger partial charge in [0.2, 0.25) is 0 Å². The van der Waals surface area contributed by atoms with Gasteiger partial charge in [0, 0.05) is 11.3 Å². The summed E-state index contributed by atoms with van der Waals surface area (Å²) < 4.78 is 2.21. The smallest absolute Gasteiger partial charge is 0.316 e. The molecule has 0 fully saturated rings. The van der Waals surface area contributed by atoms with Crippen LogP contribution in [-0.2, 0) is 12.1 Å². The van der Waals surface area contributed by atoms with Crippen molar-refractivity contribution in [2.24, 2.45) is 0 Å². The SMILES string of the molecule is CCc1ccc([C@]2(O)CN(c3cc(C)ccc3C)C3=[N+]2CCCS3)cc1. The van der Waals surface area contributed by atoms with Crippen molar-refractivity contribution in [1.82, 2.24) is 0 Å². The maximum absolute atomic E-state index is 11.8. The highest BCUT2D eigenvalue weighted by Crippen LogP contribution is 2.38. The number of benzene rings is 2. The van der Waals surface area contributed by atoms with E-state index in [4.69, 9.17) is 0 Å². The normalized spacial score (nSPS) is 22.7. The summed E-state index contributed by atoms with van der Waals surface area (Å²) >= 11 is 1.86. The second-order valence-electron chi connectivity index (χ2n) is 7.38. The number of rotatable bonds is 3. The number of nitrogens with zero attached hydrogens (tertiary/aromatic N) is 2. The Morgan fingerprint density at radius 3 is 2.65 bits per heavy atom. The van der Waals surface area contributed by atoms with E-state index in [0.717, 1.165) is 30.7 Å². The van der Waals surface area contributed by atoms with Crippen LogP contribution in [0.2, 0.25) is 0 Å². The molecule has 136 valence electrons. The Bertz CT molecular complexity index is 859. The van der Waals surface area contributed by atoms with Crippen molar-refractivity contribution in [3.05, 3.63) is 64.7 Å². The number of hydrogen-bond donors (Lipinski definition) is 1. The van der Waals surface area contributed by atoms with Crippen molar-refractivity contribution in [1.29, 1.82) is 0 Å². The lowest BCUT2D eigenvalue weighted by Crippen LogP contribution is -2.41. The van der Waals surface area contributed by atoms with Gasteiger partial charge in [0.05, 0.1) is 6.54 Å². The van der Waals surface area contributed by atoms with E-state index in [9.17, 15) is 5.11 Å². The molecule has 0 saturated carbocycles. The fourth-order valence-corrected chi connectivity index (χ4v) is 5.13. The molecule has 4 rings (SSSR count). The predicted molar refractivity (Wildman–Crippen MR) is 110 cm³/mol. The number of thioether (sulfide) groups is 1. The summed E-state index contributed by atoms with van der Waals surface area (Å²) in [5.74, 6) is 1.11. The van der Waals surface area contributed by atoms with Crippen molar-refractivity contribution < 1.29 is 9.68 Å². The van der Waals surface area contributed by atoms with Crippen LogP contribution in [0.1, 0.15) is 35.6 Å². The average molecular weight is 368 g/mol. The Morgan fingerprint density at radius 2 is 1.92 bits per heavy atom. The average Bonchev–Trinajstić information content (AvgIpc) is 2.98. The highest BCUT2D eigenvalue weighted by molar-refractivity contribution is 8.13. The van der Waals surface area contributed by atoms with Gasteiger partial charge >= 0.3 is 5.17 Å². The predicted octanol–water partition coefficient (Wildman–Crippen LogP) is 4.04. The molecule has 2 aromatic rings. The van der Waals surface area contributed by atoms with Crippen molar-refractivity contribution in [3.8, 4) is 0 Å². The van der Waals surface area contributed by atoms with Gasteiger partial charge in [-0.1, -0.05) is 43.3 Å². The standard InChI is InChI=1S/C22H27N2OS/c1-4-18-8-10-19(11-9-18)22(25)15-23(21-24(22)12-5-13-26-21)20-14-16(2)6-7-17(20)3/h6-11,14,25H,4-5,12-13,15H2,1-3H3/q+1/t22-/m1/s1. The first-order valence-corrected chi connectivity index (χ1v) is 10.5. The number of amidine groups is 1. The molecule has 0 aliphatic carbocycles. The second kappa shape index (κ2) is 6.75. The van der Waals surface area contributed by atoms with E-state index < -0.39 is 5.72 Å². The van der Waals surface area contributed by atoms with E-state index in [2.05, 4.69) is 72.7 Å². The number of β-amino-alcohol motifs (C(OH)–C–C–N with tert-alkyl or cyclic N) is 1. The van der Waals surface area contributed by atoms with Crippen LogP contribution in [0.25, 0.3) is 0 Å². The molecule has 1 atom stereocenters. The van der Waals surface area contributed by atoms with Crippen LogP contribution in [0.4, 0.5) is 5.69 Å². The first kappa shape index (κ1) is 17.6. The zero-order chi connectivity index (χ0) is 18.3. The third-order valence-electron chi connectivity index (χ3n) is 5.52. The minimum atomic E-state index is -0.967. The Balaban J connectivity index is 1.80. The molecule has 2 aliphatic heterocycles. The quantitative estimate of drug-likeness (QED) is 0.830. The van der Waals surface area contributed by atoms with Crippen LogP contribution in [0, 0.1) is 13.8 Å². The lowest BCUT2D eigenvalue weighted by molar-refractivity contribution is -0.656. The Kier molecular flexibility index (Phi) is 4.57. The maximum atomic E-state index is 11.8. The molecule has 0 unspecified atom stereocenters. The molecule has 26 heavy (non-hydrogen) atoms. The number of anilines is 1. The second-order valence-corrected chi connectivity index (χ2v) is 8.44. The van der Waals surface area contributed by atoms with Gasteiger partial charge in [0.1, 0.15) is 5.69 Å². The van der Waals surface area contributed by atoms with Gasteiger partial charge < -0.3 is 5.11 Å². The number of aryl methyl sites for hydroxylation is 3. The molecule has 2 heterocycles. The van der Waals surface area contributed by atoms with E-state index >= 15 is 0 Å². The van der Waals surface area contributed by atoms with E-state index in [-0.39, 0.29) is 0 Å². The van der Waals surface area contributed by atoms with Crippen molar-refractivity contribution in [2.75, 3.05) is 23.7 Å². The number of hydrogen-bond acceptors (Lipinski definition) is 3. The Morgan fingerprint density at radius 1 is 1.15 bits per heavy atom. The van der Waals surface area contributed by atoms with Gasteiger partial charge in [-0.05, 0) is 61.2 Å². The maximum Gasteiger partial charge on any atom is 0.316 e. The summed E-state index contributed by atoms with van der Waals surface area (Å²) in [6, 6.07) is 15.1. The van der Waals surface area contributed by atoms with Gasteiger partial charge in [-0.15, -0.1) is 0 Å². The van der Waals surface area contributed by atoms with Gasteiger partial charge in [0.25, 0.3) is 5.72 Å². The van der Waals surface area contributed by atoms with Crippen molar-refractivity contribution in [3.63, 3.8) is 0 Å². The fourth-order valence-electron chi connectivity index (χ4n) is 3.95. The summed E-state index contributed by atoms with van der Waals surface area (Å²) in [4.78, 5) is 2.32. The van der Waals surface area contributed by atoms with Crippen LogP contribution in [0.15, 0.2) is 42.5 Å². The Labute approximate surface area is 160 Å².